The lowest BCUT2D eigenvalue weighted by atomic mass is 10.1. The first kappa shape index (κ1) is 26.2. The van der Waals surface area contributed by atoms with E-state index in [-0.39, 0.29) is 24.0 Å². The molecule has 2 rings (SSSR count). The average molecular weight is 529 g/mol. The number of halogens is 1. The van der Waals surface area contributed by atoms with Crippen molar-refractivity contribution >= 4 is 29.9 Å². The third-order valence-corrected chi connectivity index (χ3v) is 4.57. The maximum atomic E-state index is 5.96. The number of guanidine groups is 1. The number of aromatic amines is 1. The average Bonchev–Trinajstić information content (AvgIpc) is 3.12. The Morgan fingerprint density at radius 3 is 2.67 bits per heavy atom. The first-order chi connectivity index (χ1) is 14.1. The number of rotatable bonds is 12. The molecule has 0 aliphatic heterocycles. The number of benzene rings is 1. The molecular formula is C22H36IN5O2. The van der Waals surface area contributed by atoms with Crippen molar-refractivity contribution in [2.75, 3.05) is 33.4 Å². The Kier molecular flexibility index (Phi) is 13.2. The van der Waals surface area contributed by atoms with Gasteiger partial charge in [0.2, 0.25) is 0 Å². The van der Waals surface area contributed by atoms with Crippen LogP contribution in [-0.2, 0) is 17.7 Å². The summed E-state index contributed by atoms with van der Waals surface area (Å²) in [5, 5.41) is 13.8. The minimum atomic E-state index is 0. The van der Waals surface area contributed by atoms with E-state index in [9.17, 15) is 0 Å². The van der Waals surface area contributed by atoms with Crippen molar-refractivity contribution in [2.24, 2.45) is 4.99 Å². The number of methoxy groups -OCH3 is 1. The predicted molar refractivity (Wildman–Crippen MR) is 133 cm³/mol. The molecule has 3 N–H and O–H groups in total. The molecule has 0 unspecified atom stereocenters. The van der Waals surface area contributed by atoms with Gasteiger partial charge in [-0.15, -0.1) is 24.0 Å². The van der Waals surface area contributed by atoms with Crippen LogP contribution in [-0.4, -0.2) is 49.6 Å². The second-order valence-corrected chi connectivity index (χ2v) is 7.05. The molecule has 0 fully saturated rings. The Morgan fingerprint density at radius 2 is 1.97 bits per heavy atom. The van der Waals surface area contributed by atoms with E-state index in [2.05, 4.69) is 59.8 Å². The van der Waals surface area contributed by atoms with Gasteiger partial charge in [0.15, 0.2) is 5.96 Å². The van der Waals surface area contributed by atoms with Crippen LogP contribution < -0.4 is 15.4 Å². The third kappa shape index (κ3) is 9.34. The third-order valence-electron chi connectivity index (χ3n) is 4.57. The van der Waals surface area contributed by atoms with Gasteiger partial charge in [0, 0.05) is 44.5 Å². The molecule has 0 saturated carbocycles. The lowest BCUT2D eigenvalue weighted by molar-refractivity contribution is 0.172. The first-order valence-corrected chi connectivity index (χ1v) is 10.4. The van der Waals surface area contributed by atoms with Gasteiger partial charge in [0.1, 0.15) is 5.75 Å². The molecule has 0 spiro atoms. The molecule has 0 aliphatic rings. The Morgan fingerprint density at radius 1 is 1.13 bits per heavy atom. The molecule has 0 bridgehead atoms. The predicted octanol–water partition coefficient (Wildman–Crippen LogP) is 3.75. The molecule has 1 heterocycles. The number of hydrogen-bond acceptors (Lipinski definition) is 4. The Labute approximate surface area is 197 Å². The largest absolute Gasteiger partial charge is 0.493 e. The van der Waals surface area contributed by atoms with Crippen LogP contribution in [0.5, 0.6) is 5.75 Å². The minimum Gasteiger partial charge on any atom is -0.493 e. The van der Waals surface area contributed by atoms with E-state index < -0.39 is 0 Å². The SMILES string of the molecule is CCNC(=NCc1ccc(C)cc1OCCCOC)NCCCc1cn[nH]c1C.I. The molecule has 0 amide bonds. The van der Waals surface area contributed by atoms with Crippen molar-refractivity contribution in [3.05, 3.63) is 46.8 Å². The van der Waals surface area contributed by atoms with Crippen molar-refractivity contribution in [3.63, 3.8) is 0 Å². The normalized spacial score (nSPS) is 11.1. The molecular weight excluding hydrogens is 493 g/mol. The van der Waals surface area contributed by atoms with Crippen LogP contribution in [0.3, 0.4) is 0 Å². The van der Waals surface area contributed by atoms with Crippen LogP contribution in [0, 0.1) is 13.8 Å². The topological polar surface area (TPSA) is 83.6 Å². The number of ether oxygens (including phenoxy) is 2. The van der Waals surface area contributed by atoms with Crippen molar-refractivity contribution in [3.8, 4) is 5.75 Å². The van der Waals surface area contributed by atoms with E-state index in [4.69, 9.17) is 14.5 Å². The van der Waals surface area contributed by atoms with E-state index in [1.54, 1.807) is 7.11 Å². The first-order valence-electron chi connectivity index (χ1n) is 10.4. The van der Waals surface area contributed by atoms with Crippen LogP contribution in [0.15, 0.2) is 29.4 Å². The smallest absolute Gasteiger partial charge is 0.191 e. The maximum absolute atomic E-state index is 5.96. The number of H-pyrrole nitrogens is 1. The summed E-state index contributed by atoms with van der Waals surface area (Å²) < 4.78 is 11.1. The molecule has 1 aromatic heterocycles. The minimum absolute atomic E-state index is 0. The highest BCUT2D eigenvalue weighted by atomic mass is 127. The second kappa shape index (κ2) is 15.1. The fourth-order valence-electron chi connectivity index (χ4n) is 2.93. The molecule has 30 heavy (non-hydrogen) atoms. The van der Waals surface area contributed by atoms with Gasteiger partial charge in [-0.25, -0.2) is 4.99 Å². The molecule has 0 saturated heterocycles. The molecule has 0 radical (unpaired) electrons. The Hall–Kier alpha value is -1.81. The van der Waals surface area contributed by atoms with E-state index in [0.717, 1.165) is 55.3 Å². The second-order valence-electron chi connectivity index (χ2n) is 7.05. The van der Waals surface area contributed by atoms with E-state index >= 15 is 0 Å². The Bertz CT molecular complexity index is 764. The highest BCUT2D eigenvalue weighted by Gasteiger charge is 2.06. The summed E-state index contributed by atoms with van der Waals surface area (Å²) >= 11 is 0. The Balaban J connectivity index is 0.00000450. The molecule has 168 valence electrons. The highest BCUT2D eigenvalue weighted by Crippen LogP contribution is 2.21. The van der Waals surface area contributed by atoms with Gasteiger partial charge in [-0.1, -0.05) is 12.1 Å². The van der Waals surface area contributed by atoms with E-state index in [1.807, 2.05) is 6.20 Å². The molecule has 7 nitrogen and oxygen atoms in total. The number of nitrogens with one attached hydrogen (secondary N) is 3. The molecule has 8 heteroatoms. The number of aromatic nitrogens is 2. The maximum Gasteiger partial charge on any atom is 0.191 e. The molecule has 0 atom stereocenters. The fraction of sp³-hybridized carbons (Fsp3) is 0.545. The standard InChI is InChI=1S/C22H35N5O2.HI/c1-5-23-22(24-11-6-8-19-16-26-27-18(19)3)25-15-20-10-9-17(2)14-21(20)29-13-7-12-28-4;/h9-10,14,16H,5-8,11-13,15H2,1-4H3,(H,26,27)(H2,23,24,25);1H. The summed E-state index contributed by atoms with van der Waals surface area (Å²) in [4.78, 5) is 4.74. The van der Waals surface area contributed by atoms with Gasteiger partial charge < -0.3 is 20.1 Å². The zero-order valence-corrected chi connectivity index (χ0v) is 20.9. The zero-order valence-electron chi connectivity index (χ0n) is 18.6. The van der Waals surface area contributed by atoms with E-state index in [0.29, 0.717) is 19.8 Å². The number of aryl methyl sites for hydroxylation is 3. The monoisotopic (exact) mass is 529 g/mol. The molecule has 0 aliphatic carbocycles. The van der Waals surface area contributed by atoms with Crippen LogP contribution in [0.4, 0.5) is 0 Å². The summed E-state index contributed by atoms with van der Waals surface area (Å²) in [7, 11) is 1.71. The summed E-state index contributed by atoms with van der Waals surface area (Å²) in [5.74, 6) is 1.72. The number of hydrogen-bond donors (Lipinski definition) is 3. The van der Waals surface area contributed by atoms with Gasteiger partial charge in [-0.05, 0) is 50.8 Å². The van der Waals surface area contributed by atoms with Crippen LogP contribution in [0.25, 0.3) is 0 Å². The quantitative estimate of drug-likeness (QED) is 0.169. The van der Waals surface area contributed by atoms with Gasteiger partial charge in [-0.3, -0.25) is 5.10 Å². The molecule has 1 aromatic carbocycles. The fourth-order valence-corrected chi connectivity index (χ4v) is 2.93. The van der Waals surface area contributed by atoms with Crippen molar-refractivity contribution in [1.82, 2.24) is 20.8 Å². The summed E-state index contributed by atoms with van der Waals surface area (Å²) in [6.45, 7) is 9.77. The van der Waals surface area contributed by atoms with Gasteiger partial charge in [-0.2, -0.15) is 5.10 Å². The van der Waals surface area contributed by atoms with Crippen LogP contribution >= 0.6 is 24.0 Å². The van der Waals surface area contributed by atoms with Gasteiger partial charge >= 0.3 is 0 Å². The number of aliphatic imine (C=N–C) groups is 1. The molecule has 2 aromatic rings. The lowest BCUT2D eigenvalue weighted by Crippen LogP contribution is -2.37. The van der Waals surface area contributed by atoms with Gasteiger partial charge in [0.05, 0.1) is 19.3 Å². The highest BCUT2D eigenvalue weighted by molar-refractivity contribution is 14.0. The van der Waals surface area contributed by atoms with E-state index in [1.165, 1.54) is 11.1 Å². The van der Waals surface area contributed by atoms with Crippen LogP contribution in [0.1, 0.15) is 42.1 Å². The van der Waals surface area contributed by atoms with Crippen LogP contribution in [0.2, 0.25) is 0 Å². The summed E-state index contributed by atoms with van der Waals surface area (Å²) in [6.07, 6.45) is 4.78. The number of nitrogens with zero attached hydrogens (tertiary/aromatic N) is 2. The zero-order chi connectivity index (χ0) is 20.9. The van der Waals surface area contributed by atoms with Crippen molar-refractivity contribution in [2.45, 2.75) is 46.6 Å². The summed E-state index contributed by atoms with van der Waals surface area (Å²) in [6, 6.07) is 6.27. The van der Waals surface area contributed by atoms with Crippen molar-refractivity contribution < 1.29 is 9.47 Å². The lowest BCUT2D eigenvalue weighted by Gasteiger charge is -2.14. The van der Waals surface area contributed by atoms with Crippen molar-refractivity contribution in [1.29, 1.82) is 0 Å². The van der Waals surface area contributed by atoms with Gasteiger partial charge in [0.25, 0.3) is 0 Å². The summed E-state index contributed by atoms with van der Waals surface area (Å²) in [5.41, 5.74) is 4.67.